The lowest BCUT2D eigenvalue weighted by Gasteiger charge is -2.09. The minimum atomic E-state index is -4.38. The Morgan fingerprint density at radius 1 is 1.60 bits per heavy atom. The Morgan fingerprint density at radius 2 is 2.20 bits per heavy atom. The van der Waals surface area contributed by atoms with E-state index in [1.165, 1.54) is 6.92 Å². The summed E-state index contributed by atoms with van der Waals surface area (Å²) < 4.78 is 37.8. The van der Waals surface area contributed by atoms with Crippen LogP contribution in [0.15, 0.2) is 12.4 Å². The second kappa shape index (κ2) is 4.04. The SMILES string of the molecule is CC(=O)CC(C)n1cc(C(F)(F)F)cn1. The molecule has 84 valence electrons. The van der Waals surface area contributed by atoms with E-state index in [0.29, 0.717) is 0 Å². The quantitative estimate of drug-likeness (QED) is 0.784. The molecule has 0 spiro atoms. The van der Waals surface area contributed by atoms with Gasteiger partial charge in [0, 0.05) is 12.6 Å². The number of rotatable bonds is 3. The first-order valence-corrected chi connectivity index (χ1v) is 4.41. The van der Waals surface area contributed by atoms with Crippen molar-refractivity contribution in [2.24, 2.45) is 0 Å². The molecule has 0 aliphatic rings. The van der Waals surface area contributed by atoms with Gasteiger partial charge in [0.25, 0.3) is 0 Å². The van der Waals surface area contributed by atoms with Crippen LogP contribution in [-0.4, -0.2) is 15.6 Å². The summed E-state index contributed by atoms with van der Waals surface area (Å²) in [5.41, 5.74) is -0.794. The summed E-state index contributed by atoms with van der Waals surface area (Å²) >= 11 is 0. The van der Waals surface area contributed by atoms with Gasteiger partial charge < -0.3 is 0 Å². The molecule has 0 N–H and O–H groups in total. The third-order valence-corrected chi connectivity index (χ3v) is 1.96. The maximum atomic E-state index is 12.2. The van der Waals surface area contributed by atoms with Crippen LogP contribution in [0, 0.1) is 0 Å². The lowest BCUT2D eigenvalue weighted by atomic mass is 10.2. The van der Waals surface area contributed by atoms with Crippen molar-refractivity contribution in [3.05, 3.63) is 18.0 Å². The maximum Gasteiger partial charge on any atom is 0.419 e. The largest absolute Gasteiger partial charge is 0.419 e. The molecule has 1 atom stereocenters. The van der Waals surface area contributed by atoms with Gasteiger partial charge in [-0.2, -0.15) is 18.3 Å². The Hall–Kier alpha value is -1.33. The van der Waals surface area contributed by atoms with Gasteiger partial charge in [0.2, 0.25) is 0 Å². The van der Waals surface area contributed by atoms with Gasteiger partial charge in [-0.15, -0.1) is 0 Å². The van der Waals surface area contributed by atoms with E-state index in [-0.39, 0.29) is 18.2 Å². The molecular weight excluding hydrogens is 209 g/mol. The maximum absolute atomic E-state index is 12.2. The van der Waals surface area contributed by atoms with Crippen LogP contribution in [0.25, 0.3) is 0 Å². The van der Waals surface area contributed by atoms with Gasteiger partial charge in [-0.3, -0.25) is 9.48 Å². The standard InChI is InChI=1S/C9H11F3N2O/c1-6(3-7(2)15)14-5-8(4-13-14)9(10,11)12/h4-6H,3H2,1-2H3. The van der Waals surface area contributed by atoms with E-state index in [2.05, 4.69) is 5.10 Å². The van der Waals surface area contributed by atoms with Crippen LogP contribution in [0.1, 0.15) is 31.9 Å². The van der Waals surface area contributed by atoms with Gasteiger partial charge >= 0.3 is 6.18 Å². The molecule has 0 amide bonds. The summed E-state index contributed by atoms with van der Waals surface area (Å²) in [6.45, 7) is 3.04. The van der Waals surface area contributed by atoms with Crippen molar-refractivity contribution in [1.82, 2.24) is 9.78 Å². The Morgan fingerprint density at radius 3 is 2.60 bits per heavy atom. The third kappa shape index (κ3) is 3.07. The van der Waals surface area contributed by atoms with Crippen LogP contribution < -0.4 is 0 Å². The molecule has 0 aliphatic carbocycles. The monoisotopic (exact) mass is 220 g/mol. The second-order valence-electron chi connectivity index (χ2n) is 3.46. The number of carbonyl (C=O) groups excluding carboxylic acids is 1. The molecule has 1 heterocycles. The molecule has 1 unspecified atom stereocenters. The van der Waals surface area contributed by atoms with E-state index >= 15 is 0 Å². The van der Waals surface area contributed by atoms with Crippen LogP contribution in [0.3, 0.4) is 0 Å². The van der Waals surface area contributed by atoms with Crippen LogP contribution >= 0.6 is 0 Å². The van der Waals surface area contributed by atoms with Crippen molar-refractivity contribution < 1.29 is 18.0 Å². The van der Waals surface area contributed by atoms with Crippen molar-refractivity contribution in [3.63, 3.8) is 0 Å². The molecule has 0 aromatic carbocycles. The minimum Gasteiger partial charge on any atom is -0.300 e. The highest BCUT2D eigenvalue weighted by atomic mass is 19.4. The minimum absolute atomic E-state index is 0.0773. The van der Waals surface area contributed by atoms with E-state index in [1.54, 1.807) is 6.92 Å². The molecule has 0 fully saturated rings. The first kappa shape index (κ1) is 11.7. The lowest BCUT2D eigenvalue weighted by Crippen LogP contribution is -2.10. The number of alkyl halides is 3. The summed E-state index contributed by atoms with van der Waals surface area (Å²) in [5, 5.41) is 3.58. The van der Waals surface area contributed by atoms with Crippen molar-refractivity contribution in [2.75, 3.05) is 0 Å². The average Bonchev–Trinajstić information content (AvgIpc) is 2.48. The van der Waals surface area contributed by atoms with E-state index in [1.807, 2.05) is 0 Å². The summed E-state index contributed by atoms with van der Waals surface area (Å²) in [7, 11) is 0. The number of Topliss-reactive ketones (excluding diaryl/α,β-unsaturated/α-hetero) is 1. The molecule has 0 saturated heterocycles. The summed E-state index contributed by atoms with van der Waals surface area (Å²) in [5.74, 6) is -0.0773. The van der Waals surface area contributed by atoms with Crippen LogP contribution in [0.5, 0.6) is 0 Å². The topological polar surface area (TPSA) is 34.9 Å². The smallest absolute Gasteiger partial charge is 0.300 e. The Balaban J connectivity index is 2.80. The molecule has 0 radical (unpaired) electrons. The number of aromatic nitrogens is 2. The Kier molecular flexibility index (Phi) is 3.16. The molecule has 1 rings (SSSR count). The number of hydrogen-bond acceptors (Lipinski definition) is 2. The number of carbonyl (C=O) groups is 1. The fraction of sp³-hybridized carbons (Fsp3) is 0.556. The van der Waals surface area contributed by atoms with Gasteiger partial charge in [0.15, 0.2) is 0 Å². The number of halogens is 3. The fourth-order valence-corrected chi connectivity index (χ4v) is 1.24. The summed E-state index contributed by atoms with van der Waals surface area (Å²) in [6, 6.07) is -0.349. The second-order valence-corrected chi connectivity index (χ2v) is 3.46. The van der Waals surface area contributed by atoms with Gasteiger partial charge in [0.1, 0.15) is 5.78 Å². The number of nitrogens with zero attached hydrogens (tertiary/aromatic N) is 2. The summed E-state index contributed by atoms with van der Waals surface area (Å²) in [4.78, 5) is 10.8. The molecule has 6 heteroatoms. The normalized spacial score (nSPS) is 13.9. The first-order chi connectivity index (χ1) is 6.80. The highest BCUT2D eigenvalue weighted by Gasteiger charge is 2.32. The summed E-state index contributed by atoms with van der Waals surface area (Å²) in [6.07, 6.45) is -2.53. The van der Waals surface area contributed by atoms with Crippen LogP contribution in [-0.2, 0) is 11.0 Å². The van der Waals surface area contributed by atoms with Gasteiger partial charge in [-0.1, -0.05) is 0 Å². The zero-order valence-corrected chi connectivity index (χ0v) is 8.38. The van der Waals surface area contributed by atoms with Crippen molar-refractivity contribution >= 4 is 5.78 Å². The van der Waals surface area contributed by atoms with E-state index in [0.717, 1.165) is 17.1 Å². The zero-order valence-electron chi connectivity index (χ0n) is 8.38. The predicted octanol–water partition coefficient (Wildman–Crippen LogP) is 2.44. The lowest BCUT2D eigenvalue weighted by molar-refractivity contribution is -0.137. The zero-order chi connectivity index (χ0) is 11.6. The molecular formula is C9H11F3N2O. The molecule has 0 aliphatic heterocycles. The van der Waals surface area contributed by atoms with E-state index in [4.69, 9.17) is 0 Å². The van der Waals surface area contributed by atoms with Crippen molar-refractivity contribution in [3.8, 4) is 0 Å². The van der Waals surface area contributed by atoms with Gasteiger partial charge in [-0.25, -0.2) is 0 Å². The van der Waals surface area contributed by atoms with E-state index < -0.39 is 11.7 Å². The van der Waals surface area contributed by atoms with Gasteiger partial charge in [0.05, 0.1) is 17.8 Å². The highest BCUT2D eigenvalue weighted by Crippen LogP contribution is 2.29. The Bertz CT molecular complexity index is 356. The van der Waals surface area contributed by atoms with Gasteiger partial charge in [-0.05, 0) is 13.8 Å². The molecule has 0 bridgehead atoms. The molecule has 15 heavy (non-hydrogen) atoms. The fourth-order valence-electron chi connectivity index (χ4n) is 1.24. The average molecular weight is 220 g/mol. The Labute approximate surface area is 84.9 Å². The number of hydrogen-bond donors (Lipinski definition) is 0. The molecule has 1 aromatic rings. The first-order valence-electron chi connectivity index (χ1n) is 4.41. The van der Waals surface area contributed by atoms with Crippen molar-refractivity contribution in [1.29, 1.82) is 0 Å². The van der Waals surface area contributed by atoms with E-state index in [9.17, 15) is 18.0 Å². The highest BCUT2D eigenvalue weighted by molar-refractivity contribution is 5.75. The number of ketones is 1. The molecule has 1 aromatic heterocycles. The van der Waals surface area contributed by atoms with Crippen molar-refractivity contribution in [2.45, 2.75) is 32.5 Å². The molecule has 0 saturated carbocycles. The van der Waals surface area contributed by atoms with Crippen LogP contribution in [0.4, 0.5) is 13.2 Å². The predicted molar refractivity (Wildman–Crippen MR) is 47.2 cm³/mol. The third-order valence-electron chi connectivity index (χ3n) is 1.96. The molecule has 3 nitrogen and oxygen atoms in total. The van der Waals surface area contributed by atoms with Crippen LogP contribution in [0.2, 0.25) is 0 Å².